The minimum absolute atomic E-state index is 0.0150. The summed E-state index contributed by atoms with van der Waals surface area (Å²) in [6.45, 7) is 3.64. The van der Waals surface area contributed by atoms with Crippen LogP contribution in [0.5, 0.6) is 0 Å². The van der Waals surface area contributed by atoms with Crippen molar-refractivity contribution >= 4 is 6.03 Å². The van der Waals surface area contributed by atoms with Gasteiger partial charge in [-0.3, -0.25) is 0 Å². The summed E-state index contributed by atoms with van der Waals surface area (Å²) in [6.07, 6.45) is 4.87. The quantitative estimate of drug-likeness (QED) is 0.740. The maximum Gasteiger partial charge on any atom is 0.315 e. The molecule has 86 valence electrons. The van der Waals surface area contributed by atoms with Crippen LogP contribution in [0.3, 0.4) is 0 Å². The fraction of sp³-hybridized carbons (Fsp3) is 0.909. The van der Waals surface area contributed by atoms with Crippen molar-refractivity contribution in [2.24, 2.45) is 5.92 Å². The van der Waals surface area contributed by atoms with Gasteiger partial charge in [-0.1, -0.05) is 0 Å². The molecule has 4 heteroatoms. The predicted molar refractivity (Wildman–Crippen MR) is 57.7 cm³/mol. The van der Waals surface area contributed by atoms with Gasteiger partial charge >= 0.3 is 6.03 Å². The summed E-state index contributed by atoms with van der Waals surface area (Å²) in [4.78, 5) is 11.4. The van der Waals surface area contributed by atoms with Crippen LogP contribution >= 0.6 is 0 Å². The fourth-order valence-corrected chi connectivity index (χ4v) is 2.06. The van der Waals surface area contributed by atoms with E-state index in [4.69, 9.17) is 4.74 Å². The molecule has 2 aliphatic rings. The summed E-state index contributed by atoms with van der Waals surface area (Å²) in [5, 5.41) is 5.89. The Hall–Kier alpha value is -0.770. The molecular formula is C11H20N2O2. The van der Waals surface area contributed by atoms with E-state index in [0.29, 0.717) is 12.0 Å². The summed E-state index contributed by atoms with van der Waals surface area (Å²) in [6, 6.07) is 0.404. The maximum absolute atomic E-state index is 11.4. The lowest BCUT2D eigenvalue weighted by molar-refractivity contribution is 0.106. The van der Waals surface area contributed by atoms with E-state index in [-0.39, 0.29) is 12.1 Å². The number of urea groups is 1. The Morgan fingerprint density at radius 3 is 2.73 bits per heavy atom. The number of hydrogen-bond acceptors (Lipinski definition) is 2. The summed E-state index contributed by atoms with van der Waals surface area (Å²) in [5.74, 6) is 0.483. The summed E-state index contributed by atoms with van der Waals surface area (Å²) in [5.41, 5.74) is 0. The predicted octanol–water partition coefficient (Wildman–Crippen LogP) is 1.26. The highest BCUT2D eigenvalue weighted by Crippen LogP contribution is 2.19. The molecule has 0 aromatic heterocycles. The van der Waals surface area contributed by atoms with Crippen molar-refractivity contribution in [1.29, 1.82) is 0 Å². The standard InChI is InChI=1S/C11H20N2O2/c1-8-9(5-6-15-8)7-12-11(14)13-10-3-2-4-10/h8-10H,2-7H2,1H3,(H2,12,13,14). The van der Waals surface area contributed by atoms with Gasteiger partial charge in [0, 0.05) is 25.1 Å². The maximum atomic E-state index is 11.4. The second kappa shape index (κ2) is 4.84. The fourth-order valence-electron chi connectivity index (χ4n) is 2.06. The van der Waals surface area contributed by atoms with Crippen LogP contribution in [0, 0.1) is 5.92 Å². The monoisotopic (exact) mass is 212 g/mol. The van der Waals surface area contributed by atoms with E-state index >= 15 is 0 Å². The number of carbonyl (C=O) groups is 1. The largest absolute Gasteiger partial charge is 0.378 e. The van der Waals surface area contributed by atoms with Gasteiger partial charge < -0.3 is 15.4 Å². The van der Waals surface area contributed by atoms with Gasteiger partial charge in [-0.05, 0) is 32.6 Å². The van der Waals surface area contributed by atoms with Crippen LogP contribution < -0.4 is 10.6 Å². The van der Waals surface area contributed by atoms with Crippen molar-refractivity contribution in [2.75, 3.05) is 13.2 Å². The second-order valence-electron chi connectivity index (χ2n) is 4.61. The van der Waals surface area contributed by atoms with Crippen LogP contribution in [0.4, 0.5) is 4.79 Å². The first-order valence-electron chi connectivity index (χ1n) is 5.91. The second-order valence-corrected chi connectivity index (χ2v) is 4.61. The lowest BCUT2D eigenvalue weighted by Crippen LogP contribution is -2.46. The minimum Gasteiger partial charge on any atom is -0.378 e. The molecule has 2 rings (SSSR count). The minimum atomic E-state index is -0.0150. The molecule has 0 spiro atoms. The molecule has 4 nitrogen and oxygen atoms in total. The molecule has 1 aliphatic carbocycles. The van der Waals surface area contributed by atoms with Crippen molar-refractivity contribution in [1.82, 2.24) is 10.6 Å². The number of nitrogens with one attached hydrogen (secondary N) is 2. The Morgan fingerprint density at radius 2 is 2.20 bits per heavy atom. The van der Waals surface area contributed by atoms with Gasteiger partial charge in [-0.15, -0.1) is 0 Å². The van der Waals surface area contributed by atoms with Crippen molar-refractivity contribution < 1.29 is 9.53 Å². The lowest BCUT2D eigenvalue weighted by atomic mass is 9.93. The lowest BCUT2D eigenvalue weighted by Gasteiger charge is -2.26. The van der Waals surface area contributed by atoms with Gasteiger partial charge in [0.05, 0.1) is 6.10 Å². The number of ether oxygens (including phenoxy) is 1. The molecule has 1 aliphatic heterocycles. The van der Waals surface area contributed by atoms with E-state index in [0.717, 1.165) is 32.4 Å². The van der Waals surface area contributed by atoms with Crippen molar-refractivity contribution in [3.05, 3.63) is 0 Å². The van der Waals surface area contributed by atoms with Crippen molar-refractivity contribution in [3.63, 3.8) is 0 Å². The molecule has 0 aromatic rings. The van der Waals surface area contributed by atoms with Crippen LogP contribution in [0.15, 0.2) is 0 Å². The molecule has 0 aromatic carbocycles. The zero-order chi connectivity index (χ0) is 10.7. The van der Waals surface area contributed by atoms with Gasteiger partial charge in [-0.25, -0.2) is 4.79 Å². The molecule has 2 atom stereocenters. The highest BCUT2D eigenvalue weighted by Gasteiger charge is 2.25. The van der Waals surface area contributed by atoms with E-state index in [1.165, 1.54) is 6.42 Å². The highest BCUT2D eigenvalue weighted by atomic mass is 16.5. The third kappa shape index (κ3) is 2.84. The SMILES string of the molecule is CC1OCCC1CNC(=O)NC1CCC1. The smallest absolute Gasteiger partial charge is 0.315 e. The molecule has 1 saturated heterocycles. The first-order chi connectivity index (χ1) is 7.25. The third-order valence-electron chi connectivity index (χ3n) is 3.50. The summed E-state index contributed by atoms with van der Waals surface area (Å²) < 4.78 is 5.44. The zero-order valence-electron chi connectivity index (χ0n) is 9.29. The van der Waals surface area contributed by atoms with Gasteiger partial charge in [-0.2, -0.15) is 0 Å². The number of hydrogen-bond donors (Lipinski definition) is 2. The Bertz CT molecular complexity index is 229. The van der Waals surface area contributed by atoms with Crippen LogP contribution in [-0.4, -0.2) is 31.3 Å². The van der Waals surface area contributed by atoms with E-state index in [1.807, 2.05) is 0 Å². The van der Waals surface area contributed by atoms with E-state index in [2.05, 4.69) is 17.6 Å². The molecule has 0 radical (unpaired) electrons. The van der Waals surface area contributed by atoms with Gasteiger partial charge in [0.15, 0.2) is 0 Å². The molecule has 2 N–H and O–H groups in total. The average molecular weight is 212 g/mol. The normalized spacial score (nSPS) is 31.0. The summed E-state index contributed by atoms with van der Waals surface area (Å²) in [7, 11) is 0. The number of carbonyl (C=O) groups excluding carboxylic acids is 1. The highest BCUT2D eigenvalue weighted by molar-refractivity contribution is 5.74. The van der Waals surface area contributed by atoms with Gasteiger partial charge in [0.1, 0.15) is 0 Å². The number of rotatable bonds is 3. The van der Waals surface area contributed by atoms with Crippen LogP contribution in [0.2, 0.25) is 0 Å². The molecule has 1 heterocycles. The van der Waals surface area contributed by atoms with E-state index < -0.39 is 0 Å². The number of amides is 2. The third-order valence-corrected chi connectivity index (χ3v) is 3.50. The van der Waals surface area contributed by atoms with Crippen molar-refractivity contribution in [3.8, 4) is 0 Å². The van der Waals surface area contributed by atoms with Crippen LogP contribution in [0.1, 0.15) is 32.6 Å². The topological polar surface area (TPSA) is 50.4 Å². The Balaban J connectivity index is 1.61. The molecule has 1 saturated carbocycles. The van der Waals surface area contributed by atoms with Crippen LogP contribution in [-0.2, 0) is 4.74 Å². The van der Waals surface area contributed by atoms with Crippen LogP contribution in [0.25, 0.3) is 0 Å². The molecule has 2 amide bonds. The molecule has 2 unspecified atom stereocenters. The zero-order valence-corrected chi connectivity index (χ0v) is 9.29. The van der Waals surface area contributed by atoms with E-state index in [9.17, 15) is 4.79 Å². The Kier molecular flexibility index (Phi) is 3.46. The van der Waals surface area contributed by atoms with Crippen molar-refractivity contribution in [2.45, 2.75) is 44.8 Å². The Labute approximate surface area is 90.8 Å². The van der Waals surface area contributed by atoms with Gasteiger partial charge in [0.2, 0.25) is 0 Å². The first-order valence-corrected chi connectivity index (χ1v) is 5.91. The molecule has 2 fully saturated rings. The molecular weight excluding hydrogens is 192 g/mol. The molecule has 0 bridgehead atoms. The first kappa shape index (κ1) is 10.7. The summed E-state index contributed by atoms with van der Waals surface area (Å²) >= 11 is 0. The van der Waals surface area contributed by atoms with E-state index in [1.54, 1.807) is 0 Å². The van der Waals surface area contributed by atoms with Gasteiger partial charge in [0.25, 0.3) is 0 Å². The average Bonchev–Trinajstić information content (AvgIpc) is 2.55. The Morgan fingerprint density at radius 1 is 1.40 bits per heavy atom. The molecule has 15 heavy (non-hydrogen) atoms.